The maximum Gasteiger partial charge on any atom is 0.254 e. The zero-order valence-electron chi connectivity index (χ0n) is 21.0. The molecule has 3 heterocycles. The molecule has 2 N–H and O–H groups in total. The van der Waals surface area contributed by atoms with Gasteiger partial charge in [-0.3, -0.25) is 14.4 Å². The lowest BCUT2D eigenvalue weighted by Crippen LogP contribution is -2.43. The van der Waals surface area contributed by atoms with Crippen LogP contribution in [0.15, 0.2) is 16.9 Å². The molecule has 0 saturated heterocycles. The number of halogens is 1. The van der Waals surface area contributed by atoms with Gasteiger partial charge in [0.05, 0.1) is 29.5 Å². The Morgan fingerprint density at radius 2 is 1.97 bits per heavy atom. The third-order valence-electron chi connectivity index (χ3n) is 8.72. The summed E-state index contributed by atoms with van der Waals surface area (Å²) >= 11 is 0. The van der Waals surface area contributed by atoms with E-state index in [9.17, 15) is 29.0 Å². The molecule has 0 spiro atoms. The van der Waals surface area contributed by atoms with Gasteiger partial charge in [0, 0.05) is 41.6 Å². The lowest BCUT2D eigenvalue weighted by molar-refractivity contribution is -0.140. The van der Waals surface area contributed by atoms with Crippen molar-refractivity contribution < 1.29 is 24.2 Å². The molecule has 0 fully saturated rings. The van der Waals surface area contributed by atoms with Crippen molar-refractivity contribution in [2.24, 2.45) is 0 Å². The van der Waals surface area contributed by atoms with Crippen LogP contribution in [-0.2, 0) is 34.6 Å². The standard InChI is InChI=1S/C28H28FN3O5/c1-4-28(37)17-9-21-26-16(11-32(21)27(36)15(17)6-8-22(28)34)25-20(31(3)23(35)12-33)7-5-14-13(2)18(29)10-19(30-26)24(14)25/h9-10,20,33,37H,4-8,11-12H2,1-3H3/t20-,28-/m0/s1. The molecule has 0 radical (unpaired) electrons. The fraction of sp³-hybridized carbons (Fsp3) is 0.429. The van der Waals surface area contributed by atoms with Crippen molar-refractivity contribution in [2.75, 3.05) is 13.7 Å². The molecule has 1 aromatic carbocycles. The van der Waals surface area contributed by atoms with E-state index < -0.39 is 18.1 Å². The first kappa shape index (κ1) is 23.9. The molecule has 1 amide bonds. The number of Topliss-reactive ketones (excluding diaryl/α,β-unsaturated/α-hetero) is 1. The molecule has 3 aromatic rings. The van der Waals surface area contributed by atoms with Gasteiger partial charge in [-0.1, -0.05) is 6.92 Å². The molecule has 192 valence electrons. The number of aliphatic hydroxyl groups is 2. The maximum atomic E-state index is 15.0. The van der Waals surface area contributed by atoms with E-state index in [4.69, 9.17) is 4.98 Å². The zero-order valence-corrected chi connectivity index (χ0v) is 21.0. The first-order valence-electron chi connectivity index (χ1n) is 12.7. The van der Waals surface area contributed by atoms with Gasteiger partial charge in [0.25, 0.3) is 5.56 Å². The van der Waals surface area contributed by atoms with E-state index in [2.05, 4.69) is 0 Å². The lowest BCUT2D eigenvalue weighted by atomic mass is 9.77. The van der Waals surface area contributed by atoms with Gasteiger partial charge in [0.15, 0.2) is 5.78 Å². The molecule has 37 heavy (non-hydrogen) atoms. The third-order valence-corrected chi connectivity index (χ3v) is 8.72. The molecule has 3 aliphatic rings. The Morgan fingerprint density at radius 1 is 1.22 bits per heavy atom. The lowest BCUT2D eigenvalue weighted by Gasteiger charge is -2.35. The number of carbonyl (C=O) groups excluding carboxylic acids is 2. The van der Waals surface area contributed by atoms with E-state index in [1.54, 1.807) is 31.5 Å². The molecule has 2 aliphatic carbocycles. The van der Waals surface area contributed by atoms with Crippen LogP contribution in [0.2, 0.25) is 0 Å². The van der Waals surface area contributed by atoms with Crippen LogP contribution in [0.3, 0.4) is 0 Å². The number of aliphatic hydroxyl groups excluding tert-OH is 1. The molecule has 0 unspecified atom stereocenters. The second-order valence-electron chi connectivity index (χ2n) is 10.4. The molecule has 1 aliphatic heterocycles. The summed E-state index contributed by atoms with van der Waals surface area (Å²) in [6.45, 7) is 3.04. The highest BCUT2D eigenvalue weighted by atomic mass is 19.1. The average molecular weight is 506 g/mol. The molecule has 0 saturated carbocycles. The Labute approximate surface area is 212 Å². The Bertz CT molecular complexity index is 1610. The molecule has 0 bridgehead atoms. The molecular weight excluding hydrogens is 477 g/mol. The summed E-state index contributed by atoms with van der Waals surface area (Å²) in [7, 11) is 1.64. The van der Waals surface area contributed by atoms with Crippen LogP contribution in [-0.4, -0.2) is 50.0 Å². The molecule has 2 aromatic heterocycles. The Kier molecular flexibility index (Phi) is 5.20. The number of pyridine rings is 2. The number of likely N-dealkylation sites (N-methyl/N-ethyl adjacent to an activating group) is 1. The first-order valence-corrected chi connectivity index (χ1v) is 12.7. The smallest absolute Gasteiger partial charge is 0.254 e. The summed E-state index contributed by atoms with van der Waals surface area (Å²) in [5.41, 5.74) is 3.13. The van der Waals surface area contributed by atoms with Crippen molar-refractivity contribution >= 4 is 22.6 Å². The predicted octanol–water partition coefficient (Wildman–Crippen LogP) is 2.42. The summed E-state index contributed by atoms with van der Waals surface area (Å²) in [6, 6.07) is 2.70. The minimum atomic E-state index is -1.73. The van der Waals surface area contributed by atoms with Gasteiger partial charge < -0.3 is 19.7 Å². The van der Waals surface area contributed by atoms with E-state index in [-0.39, 0.29) is 49.0 Å². The molecule has 2 atom stereocenters. The highest BCUT2D eigenvalue weighted by Gasteiger charge is 2.44. The van der Waals surface area contributed by atoms with Gasteiger partial charge >= 0.3 is 0 Å². The van der Waals surface area contributed by atoms with Crippen LogP contribution in [0.1, 0.15) is 65.6 Å². The summed E-state index contributed by atoms with van der Waals surface area (Å²) in [4.78, 5) is 45.3. The number of amides is 1. The van der Waals surface area contributed by atoms with Gasteiger partial charge in [-0.05, 0) is 55.4 Å². The van der Waals surface area contributed by atoms with Gasteiger partial charge in [-0.25, -0.2) is 9.37 Å². The Balaban J connectivity index is 1.68. The second kappa shape index (κ2) is 8.03. The summed E-state index contributed by atoms with van der Waals surface area (Å²) in [5, 5.41) is 21.6. The van der Waals surface area contributed by atoms with Crippen molar-refractivity contribution in [1.82, 2.24) is 14.5 Å². The minimum absolute atomic E-state index is 0.102. The zero-order chi connectivity index (χ0) is 26.4. The van der Waals surface area contributed by atoms with E-state index in [0.29, 0.717) is 46.4 Å². The normalized spacial score (nSPS) is 21.6. The molecular formula is C28H28FN3O5. The molecule has 6 rings (SSSR count). The summed E-state index contributed by atoms with van der Waals surface area (Å²) in [5.74, 6) is -1.11. The number of nitrogens with zero attached hydrogens (tertiary/aromatic N) is 3. The van der Waals surface area contributed by atoms with E-state index in [1.165, 1.54) is 11.0 Å². The average Bonchev–Trinajstić information content (AvgIpc) is 3.27. The van der Waals surface area contributed by atoms with Crippen LogP contribution in [0.5, 0.6) is 0 Å². The number of aryl methyl sites for hydroxylation is 1. The van der Waals surface area contributed by atoms with Crippen molar-refractivity contribution in [3.63, 3.8) is 0 Å². The number of ketones is 1. The van der Waals surface area contributed by atoms with Crippen molar-refractivity contribution in [2.45, 2.75) is 64.1 Å². The number of hydrogen-bond donors (Lipinski definition) is 2. The molecule has 9 heteroatoms. The third kappa shape index (κ3) is 3.07. The largest absolute Gasteiger partial charge is 0.387 e. The van der Waals surface area contributed by atoms with Gasteiger partial charge in [0.2, 0.25) is 5.91 Å². The number of benzene rings is 1. The Hall–Kier alpha value is -3.43. The van der Waals surface area contributed by atoms with Gasteiger partial charge in [-0.2, -0.15) is 0 Å². The number of rotatable bonds is 3. The maximum absolute atomic E-state index is 15.0. The summed E-state index contributed by atoms with van der Waals surface area (Å²) < 4.78 is 16.6. The van der Waals surface area contributed by atoms with Crippen LogP contribution in [0.4, 0.5) is 4.39 Å². The number of fused-ring (bicyclic) bond motifs is 5. The Morgan fingerprint density at radius 3 is 2.68 bits per heavy atom. The monoisotopic (exact) mass is 505 g/mol. The van der Waals surface area contributed by atoms with Gasteiger partial charge in [-0.15, -0.1) is 0 Å². The van der Waals surface area contributed by atoms with E-state index in [0.717, 1.165) is 22.1 Å². The second-order valence-corrected chi connectivity index (χ2v) is 10.4. The highest BCUT2D eigenvalue weighted by Crippen LogP contribution is 2.47. The van der Waals surface area contributed by atoms with Crippen LogP contribution < -0.4 is 5.56 Å². The van der Waals surface area contributed by atoms with E-state index in [1.807, 2.05) is 0 Å². The van der Waals surface area contributed by atoms with Crippen molar-refractivity contribution in [1.29, 1.82) is 0 Å². The first-order chi connectivity index (χ1) is 17.6. The topological polar surface area (TPSA) is 113 Å². The number of aromatic nitrogens is 2. The quantitative estimate of drug-likeness (QED) is 0.442. The summed E-state index contributed by atoms with van der Waals surface area (Å²) in [6.07, 6.45) is 1.60. The molecule has 8 nitrogen and oxygen atoms in total. The highest BCUT2D eigenvalue weighted by molar-refractivity contribution is 5.94. The SMILES string of the molecule is CC[C@@]1(O)C(=O)CCc2c1cc1n(c2=O)Cc2c-1nc1cc(F)c(C)c3c1c2[C@@H](N(C)C(=O)CO)CC3. The minimum Gasteiger partial charge on any atom is -0.387 e. The van der Waals surface area contributed by atoms with Gasteiger partial charge in [0.1, 0.15) is 18.0 Å². The van der Waals surface area contributed by atoms with Crippen molar-refractivity contribution in [3.05, 3.63) is 61.7 Å². The van der Waals surface area contributed by atoms with Crippen LogP contribution >= 0.6 is 0 Å². The van der Waals surface area contributed by atoms with Crippen LogP contribution in [0, 0.1) is 12.7 Å². The number of hydrogen-bond acceptors (Lipinski definition) is 6. The fourth-order valence-electron chi connectivity index (χ4n) is 6.59. The fourth-order valence-corrected chi connectivity index (χ4v) is 6.59. The van der Waals surface area contributed by atoms with Crippen LogP contribution in [0.25, 0.3) is 22.3 Å². The number of carbonyl (C=O) groups is 2. The van der Waals surface area contributed by atoms with Crippen molar-refractivity contribution in [3.8, 4) is 11.4 Å². The predicted molar refractivity (Wildman–Crippen MR) is 134 cm³/mol. The van der Waals surface area contributed by atoms with E-state index >= 15 is 0 Å².